The van der Waals surface area contributed by atoms with Crippen molar-refractivity contribution in [3.05, 3.63) is 30.1 Å². The van der Waals surface area contributed by atoms with Gasteiger partial charge in [0.15, 0.2) is 9.84 Å². The number of rotatable bonds is 5. The van der Waals surface area contributed by atoms with E-state index in [1.807, 2.05) is 19.0 Å². The first-order valence-corrected chi connectivity index (χ1v) is 9.28. The number of para-hydroxylation sites is 1. The number of benzene rings is 1. The number of sulfone groups is 1. The Bertz CT molecular complexity index is 664. The molecule has 1 aliphatic rings. The number of hydrogen-bond acceptors (Lipinski definition) is 4. The SMILES string of the molecule is CN(C)CCN(C(=O)Nc1ccccc1F)C1CCS(=O)(=O)C1. The van der Waals surface area contributed by atoms with Crippen LogP contribution in [-0.2, 0) is 9.84 Å². The summed E-state index contributed by atoms with van der Waals surface area (Å²) in [6.45, 7) is 0.981. The monoisotopic (exact) mass is 343 g/mol. The molecule has 0 spiro atoms. The van der Waals surface area contributed by atoms with Crippen LogP contribution in [0, 0.1) is 5.82 Å². The lowest BCUT2D eigenvalue weighted by atomic mass is 10.2. The Morgan fingerprint density at radius 1 is 1.30 bits per heavy atom. The summed E-state index contributed by atoms with van der Waals surface area (Å²) in [6.07, 6.45) is 0.417. The zero-order valence-electron chi connectivity index (χ0n) is 13.3. The van der Waals surface area contributed by atoms with E-state index < -0.39 is 21.7 Å². The van der Waals surface area contributed by atoms with E-state index in [1.165, 1.54) is 17.0 Å². The Morgan fingerprint density at radius 3 is 2.57 bits per heavy atom. The van der Waals surface area contributed by atoms with Crippen LogP contribution in [0.5, 0.6) is 0 Å². The van der Waals surface area contributed by atoms with Crippen LogP contribution in [0.25, 0.3) is 0 Å². The highest BCUT2D eigenvalue weighted by Crippen LogP contribution is 2.20. The van der Waals surface area contributed by atoms with Crippen molar-refractivity contribution in [2.24, 2.45) is 0 Å². The molecule has 6 nitrogen and oxygen atoms in total. The van der Waals surface area contributed by atoms with Crippen LogP contribution in [0.2, 0.25) is 0 Å². The summed E-state index contributed by atoms with van der Waals surface area (Å²) in [5, 5.41) is 2.54. The van der Waals surface area contributed by atoms with Crippen LogP contribution >= 0.6 is 0 Å². The summed E-state index contributed by atoms with van der Waals surface area (Å²) in [6, 6.07) is 5.06. The van der Waals surface area contributed by atoms with Crippen LogP contribution in [0.3, 0.4) is 0 Å². The lowest BCUT2D eigenvalue weighted by molar-refractivity contribution is 0.186. The summed E-state index contributed by atoms with van der Waals surface area (Å²) in [4.78, 5) is 15.9. The van der Waals surface area contributed by atoms with Gasteiger partial charge in [-0.15, -0.1) is 0 Å². The van der Waals surface area contributed by atoms with Crippen molar-refractivity contribution in [1.29, 1.82) is 0 Å². The largest absolute Gasteiger partial charge is 0.322 e. The molecule has 128 valence electrons. The number of amides is 2. The van der Waals surface area contributed by atoms with Gasteiger partial charge in [0.25, 0.3) is 0 Å². The second-order valence-electron chi connectivity index (χ2n) is 5.96. The van der Waals surface area contributed by atoms with Gasteiger partial charge in [0.2, 0.25) is 0 Å². The third-order valence-electron chi connectivity index (χ3n) is 3.81. The number of carbonyl (C=O) groups excluding carboxylic acids is 1. The maximum Gasteiger partial charge on any atom is 0.322 e. The molecule has 2 amide bonds. The minimum atomic E-state index is -3.10. The minimum Gasteiger partial charge on any atom is -0.319 e. The molecule has 1 heterocycles. The third kappa shape index (κ3) is 4.90. The van der Waals surface area contributed by atoms with E-state index in [4.69, 9.17) is 0 Å². The molecule has 2 rings (SSSR count). The van der Waals surface area contributed by atoms with E-state index in [-0.39, 0.29) is 23.2 Å². The number of hydrogen-bond donors (Lipinski definition) is 1. The molecule has 1 unspecified atom stereocenters. The van der Waals surface area contributed by atoms with Crippen molar-refractivity contribution in [1.82, 2.24) is 9.80 Å². The highest BCUT2D eigenvalue weighted by Gasteiger charge is 2.34. The Hall–Kier alpha value is -1.67. The topological polar surface area (TPSA) is 69.7 Å². The lowest BCUT2D eigenvalue weighted by Gasteiger charge is -2.29. The smallest absolute Gasteiger partial charge is 0.319 e. The van der Waals surface area contributed by atoms with Gasteiger partial charge in [0.05, 0.1) is 17.2 Å². The van der Waals surface area contributed by atoms with E-state index in [1.54, 1.807) is 12.1 Å². The van der Waals surface area contributed by atoms with E-state index in [0.29, 0.717) is 19.5 Å². The number of nitrogens with zero attached hydrogens (tertiary/aromatic N) is 2. The van der Waals surface area contributed by atoms with Gasteiger partial charge in [0, 0.05) is 19.1 Å². The number of halogens is 1. The van der Waals surface area contributed by atoms with Crippen molar-refractivity contribution < 1.29 is 17.6 Å². The molecule has 0 saturated carbocycles. The first-order valence-electron chi connectivity index (χ1n) is 7.46. The molecule has 0 bridgehead atoms. The van der Waals surface area contributed by atoms with Crippen LogP contribution in [0.15, 0.2) is 24.3 Å². The molecule has 1 fully saturated rings. The van der Waals surface area contributed by atoms with E-state index in [9.17, 15) is 17.6 Å². The van der Waals surface area contributed by atoms with Gasteiger partial charge in [-0.2, -0.15) is 0 Å². The van der Waals surface area contributed by atoms with Crippen molar-refractivity contribution in [2.45, 2.75) is 12.5 Å². The second-order valence-corrected chi connectivity index (χ2v) is 8.19. The summed E-state index contributed by atoms with van der Waals surface area (Å²) in [5.74, 6) is -0.471. The maximum absolute atomic E-state index is 13.7. The fourth-order valence-corrected chi connectivity index (χ4v) is 4.26. The van der Waals surface area contributed by atoms with Crippen LogP contribution in [0.4, 0.5) is 14.9 Å². The van der Waals surface area contributed by atoms with Gasteiger partial charge < -0.3 is 15.1 Å². The molecule has 1 N–H and O–H groups in total. The first kappa shape index (κ1) is 17.7. The van der Waals surface area contributed by atoms with Crippen molar-refractivity contribution in [2.75, 3.05) is 44.0 Å². The summed E-state index contributed by atoms with van der Waals surface area (Å²) in [5.41, 5.74) is 0.0909. The third-order valence-corrected chi connectivity index (χ3v) is 5.56. The summed E-state index contributed by atoms with van der Waals surface area (Å²) < 4.78 is 37.1. The Balaban J connectivity index is 2.12. The lowest BCUT2D eigenvalue weighted by Crippen LogP contribution is -2.46. The predicted octanol–water partition coefficient (Wildman–Crippen LogP) is 1.41. The van der Waals surface area contributed by atoms with Gasteiger partial charge in [0.1, 0.15) is 5.82 Å². The van der Waals surface area contributed by atoms with Gasteiger partial charge in [-0.3, -0.25) is 0 Å². The van der Waals surface area contributed by atoms with Gasteiger partial charge in [-0.05, 0) is 32.6 Å². The molecule has 23 heavy (non-hydrogen) atoms. The van der Waals surface area contributed by atoms with Crippen LogP contribution in [0.1, 0.15) is 6.42 Å². The standard InChI is InChI=1S/C15H22FN3O3S/c1-18(2)8-9-19(12-7-10-23(21,22)11-12)15(20)17-14-6-4-3-5-13(14)16/h3-6,12H,7-11H2,1-2H3,(H,17,20). The van der Waals surface area contributed by atoms with Crippen molar-refractivity contribution in [3.63, 3.8) is 0 Å². The quantitative estimate of drug-likeness (QED) is 0.878. The molecule has 1 atom stereocenters. The van der Waals surface area contributed by atoms with E-state index in [2.05, 4.69) is 5.32 Å². The van der Waals surface area contributed by atoms with Crippen molar-refractivity contribution in [3.8, 4) is 0 Å². The van der Waals surface area contributed by atoms with Crippen LogP contribution < -0.4 is 5.32 Å². The second kappa shape index (κ2) is 7.27. The molecular formula is C15H22FN3O3S. The predicted molar refractivity (Wildman–Crippen MR) is 87.7 cm³/mol. The molecule has 0 aliphatic carbocycles. The highest BCUT2D eigenvalue weighted by atomic mass is 32.2. The van der Waals surface area contributed by atoms with Gasteiger partial charge in [-0.25, -0.2) is 17.6 Å². The number of urea groups is 1. The zero-order valence-corrected chi connectivity index (χ0v) is 14.1. The molecule has 1 aromatic rings. The normalized spacial score (nSPS) is 19.7. The average Bonchev–Trinajstić information content (AvgIpc) is 2.81. The van der Waals surface area contributed by atoms with Crippen molar-refractivity contribution >= 4 is 21.6 Å². The van der Waals surface area contributed by atoms with Crippen LogP contribution in [-0.4, -0.2) is 69.0 Å². The average molecular weight is 343 g/mol. The molecule has 0 aromatic heterocycles. The zero-order chi connectivity index (χ0) is 17.0. The van der Waals surface area contributed by atoms with Gasteiger partial charge in [-0.1, -0.05) is 12.1 Å². The number of likely N-dealkylation sites (N-methyl/N-ethyl adjacent to an activating group) is 1. The fraction of sp³-hybridized carbons (Fsp3) is 0.533. The molecule has 1 aromatic carbocycles. The number of nitrogens with one attached hydrogen (secondary N) is 1. The van der Waals surface area contributed by atoms with E-state index >= 15 is 0 Å². The number of carbonyl (C=O) groups is 1. The number of anilines is 1. The Morgan fingerprint density at radius 2 is 2.00 bits per heavy atom. The first-order chi connectivity index (χ1) is 10.8. The van der Waals surface area contributed by atoms with Gasteiger partial charge >= 0.3 is 6.03 Å². The minimum absolute atomic E-state index is 0.0366. The molecule has 1 saturated heterocycles. The Kier molecular flexibility index (Phi) is 5.59. The van der Waals surface area contributed by atoms with E-state index in [0.717, 1.165) is 0 Å². The summed E-state index contributed by atoms with van der Waals surface area (Å²) >= 11 is 0. The highest BCUT2D eigenvalue weighted by molar-refractivity contribution is 7.91. The molecule has 0 radical (unpaired) electrons. The maximum atomic E-state index is 13.7. The Labute approximate surface area is 136 Å². The molecule has 8 heteroatoms. The molecule has 1 aliphatic heterocycles. The molecular weight excluding hydrogens is 321 g/mol. The fourth-order valence-electron chi connectivity index (χ4n) is 2.53. The summed E-state index contributed by atoms with van der Waals surface area (Å²) in [7, 11) is 0.644.